The van der Waals surface area contributed by atoms with Gasteiger partial charge in [0.2, 0.25) is 5.82 Å². The zero-order valence-corrected chi connectivity index (χ0v) is 15.3. The molecule has 0 bridgehead atoms. The number of ether oxygens (including phenoxy) is 2. The highest BCUT2D eigenvalue weighted by Crippen LogP contribution is 2.27. The summed E-state index contributed by atoms with van der Waals surface area (Å²) in [4.78, 5) is 16.3. The molecule has 3 rings (SSSR count). The summed E-state index contributed by atoms with van der Waals surface area (Å²) in [6, 6.07) is 11.8. The van der Waals surface area contributed by atoms with E-state index in [9.17, 15) is 4.79 Å². The largest absolute Gasteiger partial charge is 0.493 e. The van der Waals surface area contributed by atoms with Crippen LogP contribution in [-0.4, -0.2) is 22.7 Å². The first kappa shape index (κ1) is 18.2. The number of carbonyl (C=O) groups is 1. The number of carbonyl (C=O) groups excluding carboxylic acids is 1. The van der Waals surface area contributed by atoms with Crippen molar-refractivity contribution in [2.24, 2.45) is 0 Å². The Hall–Kier alpha value is -2.57. The topological polar surface area (TPSA) is 74.5 Å². The fraction of sp³-hybridized carbons (Fsp3) is 0.167. The lowest BCUT2D eigenvalue weighted by molar-refractivity contribution is 0.0430. The van der Waals surface area contributed by atoms with Crippen LogP contribution in [-0.2, 0) is 11.3 Å². The Kier molecular flexibility index (Phi) is 5.75. The van der Waals surface area contributed by atoms with Gasteiger partial charge in [-0.05, 0) is 37.3 Å². The van der Waals surface area contributed by atoms with Crippen LogP contribution < -0.4 is 4.74 Å². The van der Waals surface area contributed by atoms with Crippen molar-refractivity contribution in [1.82, 2.24) is 10.1 Å². The van der Waals surface area contributed by atoms with Crippen LogP contribution in [0.25, 0.3) is 11.4 Å². The molecule has 1 heterocycles. The Morgan fingerprint density at radius 2 is 1.88 bits per heavy atom. The molecule has 0 atom stereocenters. The molecule has 0 aliphatic rings. The Morgan fingerprint density at radius 1 is 1.15 bits per heavy atom. The van der Waals surface area contributed by atoms with Gasteiger partial charge in [-0.15, -0.1) is 0 Å². The summed E-state index contributed by atoms with van der Waals surface area (Å²) < 4.78 is 15.9. The van der Waals surface area contributed by atoms with Crippen molar-refractivity contribution in [2.45, 2.75) is 13.5 Å². The monoisotopic (exact) mass is 392 g/mol. The molecule has 0 N–H and O–H groups in total. The highest BCUT2D eigenvalue weighted by Gasteiger charge is 2.15. The number of benzene rings is 2. The van der Waals surface area contributed by atoms with E-state index in [1.54, 1.807) is 0 Å². The van der Waals surface area contributed by atoms with Gasteiger partial charge < -0.3 is 14.0 Å². The van der Waals surface area contributed by atoms with Crippen molar-refractivity contribution in [3.63, 3.8) is 0 Å². The molecule has 0 saturated carbocycles. The van der Waals surface area contributed by atoms with E-state index in [-0.39, 0.29) is 18.1 Å². The van der Waals surface area contributed by atoms with Crippen molar-refractivity contribution >= 4 is 29.2 Å². The first-order chi connectivity index (χ1) is 12.6. The zero-order chi connectivity index (χ0) is 18.5. The van der Waals surface area contributed by atoms with Crippen molar-refractivity contribution in [2.75, 3.05) is 6.61 Å². The van der Waals surface area contributed by atoms with Crippen LogP contribution >= 0.6 is 23.2 Å². The van der Waals surface area contributed by atoms with Crippen LogP contribution in [0.1, 0.15) is 23.2 Å². The Morgan fingerprint density at radius 3 is 2.62 bits per heavy atom. The first-order valence-corrected chi connectivity index (χ1v) is 8.50. The molecular formula is C18H14Cl2N2O4. The second kappa shape index (κ2) is 8.21. The summed E-state index contributed by atoms with van der Waals surface area (Å²) in [6.45, 7) is 2.23. The van der Waals surface area contributed by atoms with Gasteiger partial charge in [-0.2, -0.15) is 4.98 Å². The molecule has 1 aromatic heterocycles. The van der Waals surface area contributed by atoms with Crippen LogP contribution in [0.5, 0.6) is 5.75 Å². The number of hydrogen-bond acceptors (Lipinski definition) is 6. The fourth-order valence-electron chi connectivity index (χ4n) is 2.24. The molecule has 8 heteroatoms. The van der Waals surface area contributed by atoms with E-state index < -0.39 is 5.97 Å². The molecule has 0 aliphatic carbocycles. The predicted molar refractivity (Wildman–Crippen MR) is 96.5 cm³/mol. The lowest BCUT2D eigenvalue weighted by Crippen LogP contribution is -2.05. The molecular weight excluding hydrogens is 379 g/mol. The van der Waals surface area contributed by atoms with Gasteiger partial charge in [0.1, 0.15) is 5.75 Å². The molecule has 0 amide bonds. The zero-order valence-electron chi connectivity index (χ0n) is 13.7. The Labute approximate surface area is 159 Å². The van der Waals surface area contributed by atoms with Gasteiger partial charge in [0.25, 0.3) is 5.89 Å². The van der Waals surface area contributed by atoms with Crippen LogP contribution in [0.4, 0.5) is 0 Å². The average Bonchev–Trinajstić information content (AvgIpc) is 3.08. The molecule has 134 valence electrons. The Bertz CT molecular complexity index is 907. The number of hydrogen-bond donors (Lipinski definition) is 0. The van der Waals surface area contributed by atoms with Crippen LogP contribution in [0.15, 0.2) is 47.0 Å². The lowest BCUT2D eigenvalue weighted by Gasteiger charge is -2.06. The van der Waals surface area contributed by atoms with Gasteiger partial charge in [0.05, 0.1) is 17.7 Å². The van der Waals surface area contributed by atoms with Crippen molar-refractivity contribution < 1.29 is 18.8 Å². The van der Waals surface area contributed by atoms with E-state index in [0.29, 0.717) is 33.8 Å². The summed E-state index contributed by atoms with van der Waals surface area (Å²) in [5.41, 5.74) is 0.932. The number of halogens is 2. The maximum absolute atomic E-state index is 12.1. The van der Waals surface area contributed by atoms with Gasteiger partial charge in [-0.25, -0.2) is 4.79 Å². The van der Waals surface area contributed by atoms with Gasteiger partial charge in [0, 0.05) is 10.0 Å². The third-order valence-corrected chi connectivity index (χ3v) is 3.76. The number of nitrogens with zero attached hydrogens (tertiary/aromatic N) is 2. The standard InChI is InChI=1S/C18H14Cl2N2O4/c1-2-24-15-6-4-3-5-14(15)17-21-16(26-22-17)10-25-18(23)11-7-12(19)9-13(20)8-11/h3-9H,2,10H2,1H3. The molecule has 0 saturated heterocycles. The van der Waals surface area contributed by atoms with Gasteiger partial charge in [-0.1, -0.05) is 40.5 Å². The third kappa shape index (κ3) is 4.33. The second-order valence-corrected chi connectivity index (χ2v) is 6.05. The summed E-state index contributed by atoms with van der Waals surface area (Å²) in [5, 5.41) is 4.60. The van der Waals surface area contributed by atoms with E-state index in [2.05, 4.69) is 10.1 Å². The van der Waals surface area contributed by atoms with E-state index in [1.165, 1.54) is 18.2 Å². The van der Waals surface area contributed by atoms with E-state index in [1.807, 2.05) is 31.2 Å². The first-order valence-electron chi connectivity index (χ1n) is 7.75. The smallest absolute Gasteiger partial charge is 0.338 e. The third-order valence-electron chi connectivity index (χ3n) is 3.32. The molecule has 0 spiro atoms. The maximum Gasteiger partial charge on any atom is 0.338 e. The quantitative estimate of drug-likeness (QED) is 0.560. The normalized spacial score (nSPS) is 10.6. The minimum absolute atomic E-state index is 0.160. The highest BCUT2D eigenvalue weighted by atomic mass is 35.5. The Balaban J connectivity index is 1.70. The number of esters is 1. The summed E-state index contributed by atoms with van der Waals surface area (Å²) in [7, 11) is 0. The van der Waals surface area contributed by atoms with Crippen molar-refractivity contribution in [1.29, 1.82) is 0 Å². The molecule has 0 aliphatic heterocycles. The fourth-order valence-corrected chi connectivity index (χ4v) is 2.76. The summed E-state index contributed by atoms with van der Waals surface area (Å²) >= 11 is 11.8. The minimum Gasteiger partial charge on any atom is -0.493 e. The van der Waals surface area contributed by atoms with Crippen molar-refractivity contribution in [3.05, 3.63) is 64.0 Å². The molecule has 0 unspecified atom stereocenters. The maximum atomic E-state index is 12.1. The van der Waals surface area contributed by atoms with E-state index >= 15 is 0 Å². The van der Waals surface area contributed by atoms with Crippen LogP contribution in [0.3, 0.4) is 0 Å². The molecule has 0 fully saturated rings. The molecule has 26 heavy (non-hydrogen) atoms. The highest BCUT2D eigenvalue weighted by molar-refractivity contribution is 6.35. The van der Waals surface area contributed by atoms with E-state index in [4.69, 9.17) is 37.2 Å². The van der Waals surface area contributed by atoms with Gasteiger partial charge >= 0.3 is 5.97 Å². The van der Waals surface area contributed by atoms with Crippen LogP contribution in [0, 0.1) is 0 Å². The average molecular weight is 393 g/mol. The number of aromatic nitrogens is 2. The predicted octanol–water partition coefficient (Wildman–Crippen LogP) is 4.80. The van der Waals surface area contributed by atoms with Gasteiger partial charge in [-0.3, -0.25) is 0 Å². The lowest BCUT2D eigenvalue weighted by atomic mass is 10.2. The molecule has 2 aromatic carbocycles. The number of rotatable bonds is 6. The molecule has 0 radical (unpaired) electrons. The SMILES string of the molecule is CCOc1ccccc1-c1noc(COC(=O)c2cc(Cl)cc(Cl)c2)n1. The van der Waals surface area contributed by atoms with E-state index in [0.717, 1.165) is 0 Å². The number of para-hydroxylation sites is 1. The summed E-state index contributed by atoms with van der Waals surface area (Å²) in [6.07, 6.45) is 0. The summed E-state index contributed by atoms with van der Waals surface area (Å²) in [5.74, 6) is 0.565. The minimum atomic E-state index is -0.594. The second-order valence-electron chi connectivity index (χ2n) is 5.18. The van der Waals surface area contributed by atoms with Crippen molar-refractivity contribution in [3.8, 4) is 17.1 Å². The van der Waals surface area contributed by atoms with Gasteiger partial charge in [0.15, 0.2) is 6.61 Å². The van der Waals surface area contributed by atoms with Crippen LogP contribution in [0.2, 0.25) is 10.0 Å². The molecule has 3 aromatic rings. The molecule has 6 nitrogen and oxygen atoms in total.